The molecule has 0 radical (unpaired) electrons. The third kappa shape index (κ3) is 3.51. The van der Waals surface area contributed by atoms with Crippen LogP contribution in [-0.2, 0) is 9.59 Å². The van der Waals surface area contributed by atoms with Crippen LogP contribution < -0.4 is 15.4 Å². The zero-order valence-electron chi connectivity index (χ0n) is 14.4. The predicted molar refractivity (Wildman–Crippen MR) is 98.4 cm³/mol. The molecule has 1 aliphatic rings. The van der Waals surface area contributed by atoms with E-state index in [9.17, 15) is 14.0 Å². The van der Waals surface area contributed by atoms with Crippen molar-refractivity contribution in [2.45, 2.75) is 25.7 Å². The van der Waals surface area contributed by atoms with Crippen LogP contribution in [0.5, 0.6) is 5.75 Å². The molecule has 5 nitrogen and oxygen atoms in total. The van der Waals surface area contributed by atoms with Crippen molar-refractivity contribution in [2.24, 2.45) is 0 Å². The van der Waals surface area contributed by atoms with Gasteiger partial charge in [-0.05, 0) is 35.4 Å². The van der Waals surface area contributed by atoms with Crippen molar-refractivity contribution < 1.29 is 18.7 Å². The molecule has 1 atom stereocenters. The van der Waals surface area contributed by atoms with Crippen LogP contribution in [0.4, 0.5) is 15.8 Å². The maximum atomic E-state index is 14.4. The number of ether oxygens (including phenoxy) is 1. The number of benzene rings is 2. The summed E-state index contributed by atoms with van der Waals surface area (Å²) in [6, 6.07) is 7.78. The van der Waals surface area contributed by atoms with E-state index >= 15 is 0 Å². The van der Waals surface area contributed by atoms with Gasteiger partial charge < -0.3 is 15.4 Å². The second kappa shape index (κ2) is 7.33. The first-order valence-electron chi connectivity index (χ1n) is 8.19. The Balaban J connectivity index is 2.10. The van der Waals surface area contributed by atoms with Gasteiger partial charge in [0, 0.05) is 29.5 Å². The highest BCUT2D eigenvalue weighted by atomic mass is 35.5. The average molecular weight is 377 g/mol. The Hall–Kier alpha value is -2.60. The number of nitrogens with one attached hydrogen (secondary N) is 2. The van der Waals surface area contributed by atoms with E-state index in [0.29, 0.717) is 34.1 Å². The van der Waals surface area contributed by atoms with E-state index in [0.717, 1.165) is 5.56 Å². The van der Waals surface area contributed by atoms with E-state index in [-0.39, 0.29) is 18.2 Å². The molecule has 0 saturated heterocycles. The number of methoxy groups -OCH3 is 1. The number of anilines is 2. The molecule has 26 heavy (non-hydrogen) atoms. The Morgan fingerprint density at radius 2 is 2.12 bits per heavy atom. The van der Waals surface area contributed by atoms with E-state index in [2.05, 4.69) is 10.6 Å². The Morgan fingerprint density at radius 3 is 2.77 bits per heavy atom. The van der Waals surface area contributed by atoms with Crippen molar-refractivity contribution in [1.29, 1.82) is 0 Å². The van der Waals surface area contributed by atoms with E-state index in [1.807, 2.05) is 0 Å². The zero-order valence-corrected chi connectivity index (χ0v) is 15.1. The highest BCUT2D eigenvalue weighted by Crippen LogP contribution is 2.43. The molecule has 0 fully saturated rings. The molecular formula is C19H18ClFN2O3. The third-order valence-corrected chi connectivity index (χ3v) is 4.58. The molecule has 2 N–H and O–H groups in total. The molecule has 0 bridgehead atoms. The van der Waals surface area contributed by atoms with Crippen LogP contribution in [0.2, 0.25) is 5.02 Å². The van der Waals surface area contributed by atoms with Crippen molar-refractivity contribution in [3.8, 4) is 5.75 Å². The molecule has 2 amide bonds. The molecule has 2 aromatic carbocycles. The van der Waals surface area contributed by atoms with Gasteiger partial charge in [0.25, 0.3) is 0 Å². The van der Waals surface area contributed by atoms with Gasteiger partial charge in [0.2, 0.25) is 11.8 Å². The average Bonchev–Trinajstić information content (AvgIpc) is 2.60. The Bertz CT molecular complexity index is 885. The Labute approximate surface area is 155 Å². The second-order valence-corrected chi connectivity index (χ2v) is 6.45. The second-order valence-electron chi connectivity index (χ2n) is 6.01. The first-order valence-corrected chi connectivity index (χ1v) is 8.57. The van der Waals surface area contributed by atoms with Gasteiger partial charge in [-0.3, -0.25) is 9.59 Å². The fourth-order valence-electron chi connectivity index (χ4n) is 3.06. The molecule has 7 heteroatoms. The lowest BCUT2D eigenvalue weighted by atomic mass is 9.84. The fraction of sp³-hybridized carbons (Fsp3) is 0.263. The van der Waals surface area contributed by atoms with Crippen molar-refractivity contribution in [2.75, 3.05) is 17.7 Å². The summed E-state index contributed by atoms with van der Waals surface area (Å²) in [5, 5.41) is 5.82. The van der Waals surface area contributed by atoms with Gasteiger partial charge in [0.05, 0.1) is 12.8 Å². The van der Waals surface area contributed by atoms with Crippen LogP contribution in [0.3, 0.4) is 0 Å². The molecule has 0 aromatic heterocycles. The minimum Gasteiger partial charge on any atom is -0.495 e. The van der Waals surface area contributed by atoms with Gasteiger partial charge in [-0.2, -0.15) is 0 Å². The van der Waals surface area contributed by atoms with Gasteiger partial charge in [0.15, 0.2) is 0 Å². The van der Waals surface area contributed by atoms with Crippen molar-refractivity contribution >= 4 is 34.8 Å². The summed E-state index contributed by atoms with van der Waals surface area (Å²) >= 11 is 5.84. The monoisotopic (exact) mass is 376 g/mol. The lowest BCUT2D eigenvalue weighted by Gasteiger charge is -2.28. The van der Waals surface area contributed by atoms with Gasteiger partial charge in [-0.1, -0.05) is 24.6 Å². The number of halogens is 2. The molecule has 2 aromatic rings. The molecule has 1 heterocycles. The van der Waals surface area contributed by atoms with Gasteiger partial charge in [0.1, 0.15) is 11.6 Å². The van der Waals surface area contributed by atoms with Crippen LogP contribution in [0.25, 0.3) is 0 Å². The highest BCUT2D eigenvalue weighted by molar-refractivity contribution is 6.30. The number of hydrogen-bond acceptors (Lipinski definition) is 3. The SMILES string of the molecule is CCC(=O)Nc1cc2c(cc1OC)C(c1ccc(Cl)cc1F)CC(=O)N2. The highest BCUT2D eigenvalue weighted by Gasteiger charge is 2.30. The van der Waals surface area contributed by atoms with E-state index in [1.165, 1.54) is 13.2 Å². The summed E-state index contributed by atoms with van der Waals surface area (Å²) < 4.78 is 19.8. The van der Waals surface area contributed by atoms with Crippen molar-refractivity contribution in [3.63, 3.8) is 0 Å². The summed E-state index contributed by atoms with van der Waals surface area (Å²) in [6.45, 7) is 1.74. The zero-order chi connectivity index (χ0) is 18.8. The van der Waals surface area contributed by atoms with Crippen LogP contribution >= 0.6 is 11.6 Å². The largest absolute Gasteiger partial charge is 0.495 e. The van der Waals surface area contributed by atoms with Gasteiger partial charge in [-0.15, -0.1) is 0 Å². The van der Waals surface area contributed by atoms with Crippen LogP contribution in [0, 0.1) is 5.82 Å². The first-order chi connectivity index (χ1) is 12.4. The molecule has 136 valence electrons. The first kappa shape index (κ1) is 18.2. The maximum absolute atomic E-state index is 14.4. The summed E-state index contributed by atoms with van der Waals surface area (Å²) in [7, 11) is 1.49. The standard InChI is InChI=1S/C19H18ClFN2O3/c1-3-18(24)23-16-9-15-13(7-17(16)26-2)12(8-19(25)22-15)11-5-4-10(20)6-14(11)21/h4-7,9,12H,3,8H2,1-2H3,(H,22,25)(H,23,24). The fourth-order valence-corrected chi connectivity index (χ4v) is 3.21. The topological polar surface area (TPSA) is 67.4 Å². The molecule has 0 aliphatic carbocycles. The lowest BCUT2D eigenvalue weighted by molar-refractivity contribution is -0.117. The summed E-state index contributed by atoms with van der Waals surface area (Å²) in [6.07, 6.45) is 0.417. The minimum atomic E-state index is -0.471. The molecular weight excluding hydrogens is 359 g/mol. The van der Waals surface area contributed by atoms with Crippen molar-refractivity contribution in [1.82, 2.24) is 0 Å². The Morgan fingerprint density at radius 1 is 1.35 bits per heavy atom. The normalized spacial score (nSPS) is 15.8. The molecule has 3 rings (SSSR count). The van der Waals surface area contributed by atoms with E-state index in [1.54, 1.807) is 31.2 Å². The van der Waals surface area contributed by atoms with E-state index < -0.39 is 11.7 Å². The summed E-state index contributed by atoms with van der Waals surface area (Å²) in [4.78, 5) is 23.9. The molecule has 1 unspecified atom stereocenters. The number of carbonyl (C=O) groups is 2. The van der Waals surface area contributed by atoms with Crippen molar-refractivity contribution in [3.05, 3.63) is 52.3 Å². The number of hydrogen-bond donors (Lipinski definition) is 2. The molecule has 0 spiro atoms. The summed E-state index contributed by atoms with van der Waals surface area (Å²) in [5.41, 5.74) is 2.08. The van der Waals surface area contributed by atoms with Crippen LogP contribution in [0.1, 0.15) is 36.8 Å². The summed E-state index contributed by atoms with van der Waals surface area (Å²) in [5.74, 6) is -0.896. The maximum Gasteiger partial charge on any atom is 0.225 e. The molecule has 1 aliphatic heterocycles. The third-order valence-electron chi connectivity index (χ3n) is 4.34. The number of rotatable bonds is 4. The molecule has 0 saturated carbocycles. The number of amides is 2. The Kier molecular flexibility index (Phi) is 5.13. The smallest absolute Gasteiger partial charge is 0.225 e. The predicted octanol–water partition coefficient (Wildman–Crippen LogP) is 4.31. The quantitative estimate of drug-likeness (QED) is 0.835. The van der Waals surface area contributed by atoms with Crippen LogP contribution in [0.15, 0.2) is 30.3 Å². The van der Waals surface area contributed by atoms with Gasteiger partial charge in [-0.25, -0.2) is 4.39 Å². The lowest BCUT2D eigenvalue weighted by Crippen LogP contribution is -2.24. The van der Waals surface area contributed by atoms with Crippen LogP contribution in [-0.4, -0.2) is 18.9 Å². The van der Waals surface area contributed by atoms with E-state index in [4.69, 9.17) is 16.3 Å². The van der Waals surface area contributed by atoms with Gasteiger partial charge >= 0.3 is 0 Å². The number of fused-ring (bicyclic) bond motifs is 1. The minimum absolute atomic E-state index is 0.107. The number of carbonyl (C=O) groups excluding carboxylic acids is 2.